The van der Waals surface area contributed by atoms with Crippen LogP contribution in [0.1, 0.15) is 30.6 Å². The molecule has 2 saturated heterocycles. The van der Waals surface area contributed by atoms with E-state index in [1.165, 1.54) is 40.5 Å². The van der Waals surface area contributed by atoms with Crippen LogP contribution >= 0.6 is 0 Å². The molecule has 3 unspecified atom stereocenters. The van der Waals surface area contributed by atoms with Gasteiger partial charge in [-0.1, -0.05) is 6.07 Å². The van der Waals surface area contributed by atoms with Crippen molar-refractivity contribution in [2.45, 2.75) is 43.4 Å². The van der Waals surface area contributed by atoms with Crippen LogP contribution < -0.4 is 0 Å². The Morgan fingerprint density at radius 1 is 1.22 bits per heavy atom. The molecule has 1 aromatic carbocycles. The molecular weight excluding hydrogens is 460 g/mol. The Hall–Kier alpha value is -2.02. The summed E-state index contributed by atoms with van der Waals surface area (Å²) in [5.41, 5.74) is -0.000622. The van der Waals surface area contributed by atoms with Crippen molar-refractivity contribution in [2.75, 3.05) is 38.2 Å². The first-order valence-corrected chi connectivity index (χ1v) is 13.5. The van der Waals surface area contributed by atoms with Crippen LogP contribution in [0.25, 0.3) is 0 Å². The Bertz CT molecular complexity index is 1080. The number of amides is 1. The molecule has 2 fully saturated rings. The predicted octanol–water partition coefficient (Wildman–Crippen LogP) is 0.287. The minimum absolute atomic E-state index is 0.000622. The minimum Gasteiger partial charge on any atom is -0.452 e. The summed E-state index contributed by atoms with van der Waals surface area (Å²) in [5.74, 6) is -1.45. The smallest absolute Gasteiger partial charge is 0.338 e. The summed E-state index contributed by atoms with van der Waals surface area (Å²) in [4.78, 5) is 26.0. The Balaban J connectivity index is 1.64. The first-order valence-electron chi connectivity index (χ1n) is 10.3. The molecule has 0 bridgehead atoms. The van der Waals surface area contributed by atoms with E-state index in [4.69, 9.17) is 9.47 Å². The zero-order valence-electron chi connectivity index (χ0n) is 18.3. The third-order valence-electron chi connectivity index (χ3n) is 5.57. The maximum absolute atomic E-state index is 13.0. The van der Waals surface area contributed by atoms with Gasteiger partial charge in [0.1, 0.15) is 0 Å². The quantitative estimate of drug-likeness (QED) is 0.523. The highest BCUT2D eigenvalue weighted by Gasteiger charge is 2.34. The molecule has 3 atom stereocenters. The number of hydrogen-bond acceptors (Lipinski definition) is 8. The second-order valence-electron chi connectivity index (χ2n) is 8.24. The van der Waals surface area contributed by atoms with E-state index in [-0.39, 0.29) is 47.3 Å². The molecule has 2 aliphatic heterocycles. The zero-order chi connectivity index (χ0) is 23.7. The molecular formula is C20H28N2O8S2. The lowest BCUT2D eigenvalue weighted by atomic mass is 10.2. The van der Waals surface area contributed by atoms with Crippen LogP contribution in [0.3, 0.4) is 0 Å². The largest absolute Gasteiger partial charge is 0.452 e. The molecule has 32 heavy (non-hydrogen) atoms. The van der Waals surface area contributed by atoms with Gasteiger partial charge in [-0.15, -0.1) is 0 Å². The molecule has 2 aliphatic rings. The predicted molar refractivity (Wildman–Crippen MR) is 115 cm³/mol. The van der Waals surface area contributed by atoms with Gasteiger partial charge in [-0.05, 0) is 38.5 Å². The molecule has 0 spiro atoms. The highest BCUT2D eigenvalue weighted by atomic mass is 32.2. The lowest BCUT2D eigenvalue weighted by molar-refractivity contribution is -0.134. The van der Waals surface area contributed by atoms with Crippen molar-refractivity contribution in [3.8, 4) is 0 Å². The molecule has 2 heterocycles. The summed E-state index contributed by atoms with van der Waals surface area (Å²) < 4.78 is 61.2. The van der Waals surface area contributed by atoms with Gasteiger partial charge in [0.25, 0.3) is 5.91 Å². The number of ether oxygens (including phenoxy) is 2. The molecule has 0 radical (unpaired) electrons. The van der Waals surface area contributed by atoms with Crippen LogP contribution in [0.15, 0.2) is 29.2 Å². The molecule has 12 heteroatoms. The Morgan fingerprint density at radius 2 is 1.88 bits per heavy atom. The maximum Gasteiger partial charge on any atom is 0.338 e. The molecule has 0 N–H and O–H groups in total. The van der Waals surface area contributed by atoms with Gasteiger partial charge in [-0.3, -0.25) is 4.79 Å². The fourth-order valence-corrected chi connectivity index (χ4v) is 7.27. The van der Waals surface area contributed by atoms with Crippen LogP contribution in [-0.4, -0.2) is 94.4 Å². The van der Waals surface area contributed by atoms with Crippen molar-refractivity contribution in [3.05, 3.63) is 29.8 Å². The highest BCUT2D eigenvalue weighted by Crippen LogP contribution is 2.22. The highest BCUT2D eigenvalue weighted by molar-refractivity contribution is 7.91. The number of rotatable bonds is 6. The molecule has 1 aromatic rings. The van der Waals surface area contributed by atoms with Crippen LogP contribution in [0.5, 0.6) is 0 Å². The number of carbonyl (C=O) groups is 2. The van der Waals surface area contributed by atoms with Crippen LogP contribution in [-0.2, 0) is 34.1 Å². The normalized spacial score (nSPS) is 25.9. The number of benzene rings is 1. The van der Waals surface area contributed by atoms with Crippen LogP contribution in [0, 0.1) is 0 Å². The fraction of sp³-hybridized carbons (Fsp3) is 0.600. The van der Waals surface area contributed by atoms with Gasteiger partial charge in [-0.2, -0.15) is 4.31 Å². The zero-order valence-corrected chi connectivity index (χ0v) is 19.9. The second-order valence-corrected chi connectivity index (χ2v) is 12.4. The lowest BCUT2D eigenvalue weighted by Crippen LogP contribution is -2.48. The van der Waals surface area contributed by atoms with E-state index in [2.05, 4.69) is 0 Å². The van der Waals surface area contributed by atoms with E-state index in [0.29, 0.717) is 6.42 Å². The van der Waals surface area contributed by atoms with Crippen molar-refractivity contribution in [1.82, 2.24) is 9.21 Å². The van der Waals surface area contributed by atoms with Crippen molar-refractivity contribution in [2.24, 2.45) is 0 Å². The van der Waals surface area contributed by atoms with Gasteiger partial charge in [0.05, 0.1) is 34.2 Å². The van der Waals surface area contributed by atoms with Crippen molar-refractivity contribution >= 4 is 31.7 Å². The first kappa shape index (κ1) is 24.6. The number of sulfone groups is 1. The number of esters is 1. The van der Waals surface area contributed by atoms with Gasteiger partial charge in [0.2, 0.25) is 10.0 Å². The number of morpholine rings is 1. The summed E-state index contributed by atoms with van der Waals surface area (Å²) in [5, 5.41) is 0. The molecule has 3 rings (SSSR count). The van der Waals surface area contributed by atoms with Crippen LogP contribution in [0.4, 0.5) is 0 Å². The SMILES string of the molecule is CC1CN(S(=O)(=O)c2cccc(C(=O)OCC(=O)N(C)C3CCS(=O)(=O)C3)c2)CC(C)O1. The molecule has 0 aliphatic carbocycles. The lowest BCUT2D eigenvalue weighted by Gasteiger charge is -2.34. The Labute approximate surface area is 188 Å². The van der Waals surface area contributed by atoms with Gasteiger partial charge < -0.3 is 14.4 Å². The van der Waals surface area contributed by atoms with E-state index in [0.717, 1.165) is 0 Å². The maximum atomic E-state index is 13.0. The third kappa shape index (κ3) is 5.66. The van der Waals surface area contributed by atoms with Crippen molar-refractivity contribution in [1.29, 1.82) is 0 Å². The number of sulfonamides is 1. The summed E-state index contributed by atoms with van der Waals surface area (Å²) in [6.45, 7) is 3.43. The summed E-state index contributed by atoms with van der Waals surface area (Å²) in [6, 6.07) is 5.02. The Kier molecular flexibility index (Phi) is 7.28. The second kappa shape index (κ2) is 9.46. The van der Waals surface area contributed by atoms with Gasteiger partial charge >= 0.3 is 5.97 Å². The summed E-state index contributed by atoms with van der Waals surface area (Å²) in [7, 11) is -5.52. The number of hydrogen-bond donors (Lipinski definition) is 0. The topological polar surface area (TPSA) is 127 Å². The summed E-state index contributed by atoms with van der Waals surface area (Å²) >= 11 is 0. The fourth-order valence-electron chi connectivity index (χ4n) is 3.86. The van der Waals surface area contributed by atoms with Gasteiger partial charge in [0, 0.05) is 26.2 Å². The molecule has 0 saturated carbocycles. The van der Waals surface area contributed by atoms with Gasteiger partial charge in [-0.25, -0.2) is 21.6 Å². The minimum atomic E-state index is -3.84. The van der Waals surface area contributed by atoms with E-state index in [9.17, 15) is 26.4 Å². The molecule has 1 amide bonds. The molecule has 10 nitrogen and oxygen atoms in total. The van der Waals surface area contributed by atoms with E-state index in [1.807, 2.05) is 0 Å². The van der Waals surface area contributed by atoms with Gasteiger partial charge in [0.15, 0.2) is 16.4 Å². The van der Waals surface area contributed by atoms with E-state index in [1.54, 1.807) is 13.8 Å². The Morgan fingerprint density at radius 3 is 2.47 bits per heavy atom. The van der Waals surface area contributed by atoms with E-state index < -0.39 is 44.4 Å². The van der Waals surface area contributed by atoms with E-state index >= 15 is 0 Å². The van der Waals surface area contributed by atoms with Crippen molar-refractivity contribution < 1.29 is 35.9 Å². The average Bonchev–Trinajstić information content (AvgIpc) is 3.10. The standard InChI is InChI=1S/C20H28N2O8S2/c1-14-10-22(11-15(2)30-14)32(27,28)18-6-4-5-16(9-18)20(24)29-12-19(23)21(3)17-7-8-31(25,26)13-17/h4-6,9,14-15,17H,7-8,10-13H2,1-3H3. The molecule has 0 aromatic heterocycles. The average molecular weight is 489 g/mol. The number of nitrogens with zero attached hydrogens (tertiary/aromatic N) is 2. The van der Waals surface area contributed by atoms with Crippen molar-refractivity contribution in [3.63, 3.8) is 0 Å². The van der Waals surface area contributed by atoms with Crippen LogP contribution in [0.2, 0.25) is 0 Å². The number of likely N-dealkylation sites (N-methyl/N-ethyl adjacent to an activating group) is 1. The molecule has 178 valence electrons. The third-order valence-corrected chi connectivity index (χ3v) is 9.15. The monoisotopic (exact) mass is 488 g/mol. The first-order chi connectivity index (χ1) is 14.9. The summed E-state index contributed by atoms with van der Waals surface area (Å²) in [6.07, 6.45) is -0.156. The number of carbonyl (C=O) groups excluding carboxylic acids is 2.